The van der Waals surface area contributed by atoms with Crippen molar-refractivity contribution < 1.29 is 13.2 Å². The zero-order chi connectivity index (χ0) is 22.5. The summed E-state index contributed by atoms with van der Waals surface area (Å²) < 4.78 is 32.4. The van der Waals surface area contributed by atoms with Gasteiger partial charge in [0.2, 0.25) is 10.0 Å². The highest BCUT2D eigenvalue weighted by Crippen LogP contribution is 2.43. The first-order valence-electron chi connectivity index (χ1n) is 10.3. The molecule has 2 aliphatic rings. The van der Waals surface area contributed by atoms with Gasteiger partial charge in [-0.3, -0.25) is 0 Å². The summed E-state index contributed by atoms with van der Waals surface area (Å²) in [6.07, 6.45) is 0. The number of hydrogen-bond donors (Lipinski definition) is 1. The van der Waals surface area contributed by atoms with Gasteiger partial charge < -0.3 is 15.4 Å². The van der Waals surface area contributed by atoms with Crippen molar-refractivity contribution in [3.8, 4) is 0 Å². The molecule has 0 unspecified atom stereocenters. The van der Waals surface area contributed by atoms with Gasteiger partial charge in [0.15, 0.2) is 0 Å². The summed E-state index contributed by atoms with van der Waals surface area (Å²) in [5.74, 6) is 0.499. The van der Waals surface area contributed by atoms with Gasteiger partial charge >= 0.3 is 0 Å². The Morgan fingerprint density at radius 3 is 2.50 bits per heavy atom. The van der Waals surface area contributed by atoms with Crippen LogP contribution in [-0.4, -0.2) is 51.9 Å². The topological polar surface area (TPSA) is 88.2 Å². The van der Waals surface area contributed by atoms with Gasteiger partial charge in [0.05, 0.1) is 28.8 Å². The van der Waals surface area contributed by atoms with E-state index in [0.29, 0.717) is 48.6 Å². The van der Waals surface area contributed by atoms with Crippen molar-refractivity contribution in [2.45, 2.75) is 11.4 Å². The van der Waals surface area contributed by atoms with Gasteiger partial charge in [-0.25, -0.2) is 13.4 Å². The highest BCUT2D eigenvalue weighted by atomic mass is 35.5. The van der Waals surface area contributed by atoms with Crippen molar-refractivity contribution >= 4 is 49.6 Å². The van der Waals surface area contributed by atoms with Crippen molar-refractivity contribution in [2.24, 2.45) is 10.7 Å². The number of nitrogens with two attached hydrogens (primary N) is 1. The largest absolute Gasteiger partial charge is 0.383 e. The van der Waals surface area contributed by atoms with E-state index < -0.39 is 10.0 Å². The van der Waals surface area contributed by atoms with E-state index in [4.69, 9.17) is 22.1 Å². The maximum atomic E-state index is 12.8. The number of benzene rings is 3. The molecule has 2 N–H and O–H groups in total. The summed E-state index contributed by atoms with van der Waals surface area (Å²) in [6.45, 7) is 2.20. The van der Waals surface area contributed by atoms with Crippen molar-refractivity contribution in [2.75, 3.05) is 38.3 Å². The van der Waals surface area contributed by atoms with Crippen LogP contribution < -0.4 is 10.6 Å². The minimum Gasteiger partial charge on any atom is -0.383 e. The lowest BCUT2D eigenvalue weighted by molar-refractivity contribution is 0.0730. The SMILES string of the molecule is CN(Cc1ccc(S(=O)(=O)N2CCOCC2)cc1)c1ccc2c3c(ccc(Cl)c13)C(N)=N2. The van der Waals surface area contributed by atoms with Crippen LogP contribution in [0.1, 0.15) is 11.1 Å². The van der Waals surface area contributed by atoms with Crippen LogP contribution in [0.4, 0.5) is 11.4 Å². The van der Waals surface area contributed by atoms with Gasteiger partial charge in [-0.05, 0) is 42.0 Å². The molecule has 0 aliphatic carbocycles. The Morgan fingerprint density at radius 1 is 1.06 bits per heavy atom. The lowest BCUT2D eigenvalue weighted by atomic mass is 10.0. The molecular weight excluding hydrogens is 448 g/mol. The fourth-order valence-corrected chi connectivity index (χ4v) is 5.96. The number of ether oxygens (including phenoxy) is 1. The Hall–Kier alpha value is -2.65. The van der Waals surface area contributed by atoms with Crippen LogP contribution in [0.15, 0.2) is 58.4 Å². The third-order valence-electron chi connectivity index (χ3n) is 5.94. The van der Waals surface area contributed by atoms with Crippen molar-refractivity contribution in [3.05, 3.63) is 64.7 Å². The Balaban J connectivity index is 1.41. The summed E-state index contributed by atoms with van der Waals surface area (Å²) in [6, 6.07) is 14.7. The van der Waals surface area contributed by atoms with Gasteiger partial charge in [0.1, 0.15) is 5.84 Å². The van der Waals surface area contributed by atoms with E-state index in [9.17, 15) is 8.42 Å². The summed E-state index contributed by atoms with van der Waals surface area (Å²) in [5.41, 5.74) is 9.75. The molecule has 0 spiro atoms. The molecule has 0 bridgehead atoms. The molecule has 3 aromatic carbocycles. The van der Waals surface area contributed by atoms with E-state index in [2.05, 4.69) is 9.89 Å². The predicted molar refractivity (Wildman–Crippen MR) is 127 cm³/mol. The van der Waals surface area contributed by atoms with E-state index in [1.807, 2.05) is 43.4 Å². The molecule has 2 heterocycles. The Bertz CT molecular complexity index is 1330. The minimum atomic E-state index is -3.50. The quantitative estimate of drug-likeness (QED) is 0.616. The number of anilines is 1. The maximum Gasteiger partial charge on any atom is 0.243 e. The molecule has 0 atom stereocenters. The van der Waals surface area contributed by atoms with Crippen molar-refractivity contribution in [3.63, 3.8) is 0 Å². The average Bonchev–Trinajstić information content (AvgIpc) is 3.13. The van der Waals surface area contributed by atoms with Gasteiger partial charge in [0.25, 0.3) is 0 Å². The highest BCUT2D eigenvalue weighted by Gasteiger charge is 2.26. The third kappa shape index (κ3) is 3.53. The first-order valence-corrected chi connectivity index (χ1v) is 12.2. The highest BCUT2D eigenvalue weighted by molar-refractivity contribution is 7.89. The minimum absolute atomic E-state index is 0.298. The molecule has 3 aromatic rings. The lowest BCUT2D eigenvalue weighted by Crippen LogP contribution is -2.40. The van der Waals surface area contributed by atoms with Gasteiger partial charge in [-0.1, -0.05) is 23.7 Å². The first kappa shape index (κ1) is 21.2. The van der Waals surface area contributed by atoms with E-state index in [1.165, 1.54) is 4.31 Å². The maximum absolute atomic E-state index is 12.8. The number of rotatable bonds is 5. The van der Waals surface area contributed by atoms with Crippen LogP contribution in [0, 0.1) is 0 Å². The zero-order valence-electron chi connectivity index (χ0n) is 17.6. The average molecular weight is 471 g/mol. The second kappa shape index (κ2) is 8.04. The molecule has 0 radical (unpaired) electrons. The molecule has 0 aromatic heterocycles. The molecule has 1 fully saturated rings. The molecule has 32 heavy (non-hydrogen) atoms. The molecule has 1 saturated heterocycles. The van der Waals surface area contributed by atoms with Crippen LogP contribution >= 0.6 is 11.6 Å². The van der Waals surface area contributed by atoms with E-state index in [-0.39, 0.29) is 0 Å². The van der Waals surface area contributed by atoms with E-state index in [1.54, 1.807) is 12.1 Å². The van der Waals surface area contributed by atoms with Crippen molar-refractivity contribution in [1.82, 2.24) is 4.31 Å². The molecule has 0 saturated carbocycles. The van der Waals surface area contributed by atoms with Gasteiger partial charge in [0, 0.05) is 48.7 Å². The molecule has 2 aliphatic heterocycles. The zero-order valence-corrected chi connectivity index (χ0v) is 19.2. The van der Waals surface area contributed by atoms with Crippen LogP contribution in [0.2, 0.25) is 5.02 Å². The molecular formula is C23H23ClN4O3S. The second-order valence-electron chi connectivity index (χ2n) is 7.96. The fraction of sp³-hybridized carbons (Fsp3) is 0.261. The van der Waals surface area contributed by atoms with Crippen molar-refractivity contribution in [1.29, 1.82) is 0 Å². The van der Waals surface area contributed by atoms with E-state index in [0.717, 1.165) is 33.3 Å². The summed E-state index contributed by atoms with van der Waals surface area (Å²) in [7, 11) is -1.52. The molecule has 0 amide bonds. The first-order chi connectivity index (χ1) is 15.4. The number of nitrogens with zero attached hydrogens (tertiary/aromatic N) is 3. The molecule has 5 rings (SSSR count). The summed E-state index contributed by atoms with van der Waals surface area (Å²) >= 11 is 6.57. The molecule has 9 heteroatoms. The number of sulfonamides is 1. The molecule has 7 nitrogen and oxygen atoms in total. The Labute approximate surface area is 192 Å². The Kier molecular flexibility index (Phi) is 5.33. The summed E-state index contributed by atoms with van der Waals surface area (Å²) in [4.78, 5) is 6.83. The number of halogens is 1. The van der Waals surface area contributed by atoms with Crippen LogP contribution in [-0.2, 0) is 21.3 Å². The van der Waals surface area contributed by atoms with Gasteiger partial charge in [-0.2, -0.15) is 4.31 Å². The van der Waals surface area contributed by atoms with Crippen LogP contribution in [0.25, 0.3) is 10.8 Å². The number of amidine groups is 1. The predicted octanol–water partition coefficient (Wildman–Crippen LogP) is 3.50. The second-order valence-corrected chi connectivity index (χ2v) is 10.3. The van der Waals surface area contributed by atoms with Crippen LogP contribution in [0.5, 0.6) is 0 Å². The summed E-state index contributed by atoms with van der Waals surface area (Å²) in [5, 5.41) is 2.52. The molecule has 166 valence electrons. The normalized spacial score (nSPS) is 16.4. The van der Waals surface area contributed by atoms with Crippen LogP contribution in [0.3, 0.4) is 0 Å². The number of aliphatic imine (C=N–C) groups is 1. The van der Waals surface area contributed by atoms with E-state index >= 15 is 0 Å². The standard InChI is InChI=1S/C23H23ClN4O3S/c1-27(20-9-8-19-21-17(23(25)26-19)6-7-18(24)22(20)21)14-15-2-4-16(5-3-15)32(29,30)28-10-12-31-13-11-28/h2-9H,10-14H2,1H3,(H2,25,26). The number of morpholine rings is 1. The monoisotopic (exact) mass is 470 g/mol. The smallest absolute Gasteiger partial charge is 0.243 e. The Morgan fingerprint density at radius 2 is 1.78 bits per heavy atom. The number of hydrogen-bond acceptors (Lipinski definition) is 6. The van der Waals surface area contributed by atoms with Gasteiger partial charge in [-0.15, -0.1) is 0 Å². The third-order valence-corrected chi connectivity index (χ3v) is 8.17. The fourth-order valence-electron chi connectivity index (χ4n) is 4.29. The lowest BCUT2D eigenvalue weighted by Gasteiger charge is -2.26.